The Morgan fingerprint density at radius 2 is 1.89 bits per heavy atom. The van der Waals surface area contributed by atoms with Crippen LogP contribution in [-0.2, 0) is 0 Å². The molecule has 3 heterocycles. The maximum absolute atomic E-state index is 13.2. The third-order valence-electron chi connectivity index (χ3n) is 5.39. The van der Waals surface area contributed by atoms with Crippen molar-refractivity contribution in [3.8, 4) is 5.69 Å². The first-order valence-corrected chi connectivity index (χ1v) is 9.21. The van der Waals surface area contributed by atoms with E-state index in [9.17, 15) is 19.2 Å². The van der Waals surface area contributed by atoms with Crippen molar-refractivity contribution in [3.63, 3.8) is 0 Å². The van der Waals surface area contributed by atoms with Gasteiger partial charge in [0.1, 0.15) is 5.82 Å². The molecule has 1 fully saturated rings. The molecular formula is C20H20N4O4. The monoisotopic (exact) mass is 380 g/mol. The molecule has 0 aliphatic carbocycles. The van der Waals surface area contributed by atoms with Crippen LogP contribution in [0.5, 0.6) is 0 Å². The zero-order chi connectivity index (χ0) is 20.0. The fourth-order valence-corrected chi connectivity index (χ4v) is 3.93. The Kier molecular flexibility index (Phi) is 4.26. The third-order valence-corrected chi connectivity index (χ3v) is 5.39. The van der Waals surface area contributed by atoms with Crippen molar-refractivity contribution in [1.29, 1.82) is 0 Å². The topological polar surface area (TPSA) is 114 Å². The van der Waals surface area contributed by atoms with Gasteiger partial charge in [0.2, 0.25) is 0 Å². The summed E-state index contributed by atoms with van der Waals surface area (Å²) in [5, 5.41) is 2.14. The number of rotatable bonds is 2. The van der Waals surface area contributed by atoms with Crippen molar-refractivity contribution < 1.29 is 14.4 Å². The van der Waals surface area contributed by atoms with Crippen LogP contribution in [0.1, 0.15) is 57.3 Å². The van der Waals surface area contributed by atoms with Gasteiger partial charge in [0, 0.05) is 18.7 Å². The number of pyridine rings is 1. The molecule has 0 saturated carbocycles. The third kappa shape index (κ3) is 2.69. The first-order valence-electron chi connectivity index (χ1n) is 9.21. The molecule has 144 valence electrons. The lowest BCUT2D eigenvalue weighted by molar-refractivity contribution is 0.0635. The molecule has 1 unspecified atom stereocenters. The first kappa shape index (κ1) is 18.0. The second-order valence-corrected chi connectivity index (χ2v) is 7.14. The minimum atomic E-state index is -0.653. The highest BCUT2D eigenvalue weighted by Gasteiger charge is 2.33. The number of anilines is 1. The van der Waals surface area contributed by atoms with E-state index >= 15 is 0 Å². The summed E-state index contributed by atoms with van der Waals surface area (Å²) in [6.45, 7) is 2.66. The second kappa shape index (κ2) is 6.63. The molecule has 4 rings (SSSR count). The number of carbonyl (C=O) groups excluding carboxylic acids is 3. The number of aromatic nitrogens is 1. The Morgan fingerprint density at radius 3 is 2.64 bits per heavy atom. The van der Waals surface area contributed by atoms with Crippen LogP contribution in [0.4, 0.5) is 5.82 Å². The average Bonchev–Trinajstić information content (AvgIpc) is 2.95. The van der Waals surface area contributed by atoms with E-state index in [1.54, 1.807) is 29.2 Å². The number of imide groups is 1. The smallest absolute Gasteiger partial charge is 0.262 e. The fraction of sp³-hybridized carbons (Fsp3) is 0.300. The number of amides is 3. The van der Waals surface area contributed by atoms with Crippen molar-refractivity contribution >= 4 is 23.5 Å². The highest BCUT2D eigenvalue weighted by molar-refractivity contribution is 6.23. The van der Waals surface area contributed by atoms with Gasteiger partial charge in [-0.05, 0) is 38.3 Å². The summed E-state index contributed by atoms with van der Waals surface area (Å²) in [6, 6.07) is 7.85. The molecule has 0 spiro atoms. The van der Waals surface area contributed by atoms with Crippen LogP contribution in [0.25, 0.3) is 5.69 Å². The summed E-state index contributed by atoms with van der Waals surface area (Å²) in [5.41, 5.74) is 6.08. The molecule has 3 amide bonds. The Labute approximate surface area is 160 Å². The molecule has 1 aromatic carbocycles. The van der Waals surface area contributed by atoms with Crippen LogP contribution in [0.15, 0.2) is 35.1 Å². The van der Waals surface area contributed by atoms with E-state index in [4.69, 9.17) is 5.73 Å². The number of hydrogen-bond donors (Lipinski definition) is 2. The van der Waals surface area contributed by atoms with Gasteiger partial charge in [0.25, 0.3) is 23.3 Å². The van der Waals surface area contributed by atoms with Gasteiger partial charge in [0.15, 0.2) is 0 Å². The highest BCUT2D eigenvalue weighted by atomic mass is 16.2. The van der Waals surface area contributed by atoms with Crippen molar-refractivity contribution in [2.24, 2.45) is 0 Å². The predicted molar refractivity (Wildman–Crippen MR) is 103 cm³/mol. The number of hydrogen-bond acceptors (Lipinski definition) is 5. The first-order chi connectivity index (χ1) is 13.4. The molecule has 1 aromatic heterocycles. The van der Waals surface area contributed by atoms with Crippen molar-refractivity contribution in [1.82, 2.24) is 14.8 Å². The number of fused-ring (bicyclic) bond motifs is 1. The van der Waals surface area contributed by atoms with Gasteiger partial charge >= 0.3 is 0 Å². The molecular weight excluding hydrogens is 360 g/mol. The van der Waals surface area contributed by atoms with E-state index < -0.39 is 17.4 Å². The van der Waals surface area contributed by atoms with Gasteiger partial charge in [-0.1, -0.05) is 12.1 Å². The Hall–Kier alpha value is -3.42. The largest absolute Gasteiger partial charge is 0.384 e. The Balaban J connectivity index is 1.88. The molecule has 3 N–H and O–H groups in total. The van der Waals surface area contributed by atoms with Crippen LogP contribution < -0.4 is 16.6 Å². The van der Waals surface area contributed by atoms with Crippen molar-refractivity contribution in [2.45, 2.75) is 32.2 Å². The number of nitrogens with zero attached hydrogens (tertiary/aromatic N) is 2. The van der Waals surface area contributed by atoms with Crippen LogP contribution >= 0.6 is 0 Å². The molecule has 2 aromatic rings. The molecule has 2 aliphatic rings. The van der Waals surface area contributed by atoms with E-state index in [-0.39, 0.29) is 28.9 Å². The molecule has 0 radical (unpaired) electrons. The van der Waals surface area contributed by atoms with Crippen LogP contribution in [0.3, 0.4) is 0 Å². The standard InChI is InChI=1S/C20H20N4O4/c1-11-6-4-5-9-23(11)20(28)12-7-2-3-8-14(12)24-15(25)10-13-16(17(24)21)19(27)22-18(13)26/h2-3,7-8,10-11H,4-6,9,21H2,1H3,(H,22,26,27). The SMILES string of the molecule is CC1CCCCN1C(=O)c1ccccc1-n1c(N)c2c(cc1=O)C(=O)NC2=O. The lowest BCUT2D eigenvalue weighted by Crippen LogP contribution is -2.42. The number of likely N-dealkylation sites (tertiary alicyclic amines) is 1. The quantitative estimate of drug-likeness (QED) is 0.763. The van der Waals surface area contributed by atoms with Crippen LogP contribution in [0, 0.1) is 0 Å². The number of benzene rings is 1. The zero-order valence-electron chi connectivity index (χ0n) is 15.4. The second-order valence-electron chi connectivity index (χ2n) is 7.14. The Morgan fingerprint density at radius 1 is 1.14 bits per heavy atom. The number of carbonyl (C=O) groups is 3. The lowest BCUT2D eigenvalue weighted by atomic mass is 10.0. The van der Waals surface area contributed by atoms with Gasteiger partial charge in [-0.3, -0.25) is 29.1 Å². The van der Waals surface area contributed by atoms with Gasteiger partial charge in [-0.25, -0.2) is 0 Å². The minimum absolute atomic E-state index is 0.0433. The summed E-state index contributed by atoms with van der Waals surface area (Å²) in [4.78, 5) is 51.7. The lowest BCUT2D eigenvalue weighted by Gasteiger charge is -2.34. The van der Waals surface area contributed by atoms with E-state index in [1.165, 1.54) is 0 Å². The molecule has 0 bridgehead atoms. The van der Waals surface area contributed by atoms with E-state index in [2.05, 4.69) is 5.32 Å². The number of nitrogens with two attached hydrogens (primary N) is 1. The molecule has 28 heavy (non-hydrogen) atoms. The van der Waals surface area contributed by atoms with Crippen molar-refractivity contribution in [3.05, 3.63) is 57.4 Å². The fourth-order valence-electron chi connectivity index (χ4n) is 3.93. The number of nitrogens with one attached hydrogen (secondary N) is 1. The molecule has 1 saturated heterocycles. The molecule has 8 nitrogen and oxygen atoms in total. The summed E-state index contributed by atoms with van der Waals surface area (Å²) >= 11 is 0. The van der Waals surface area contributed by atoms with E-state index in [1.807, 2.05) is 6.92 Å². The van der Waals surface area contributed by atoms with Gasteiger partial charge < -0.3 is 10.6 Å². The number of piperidine rings is 1. The highest BCUT2D eigenvalue weighted by Crippen LogP contribution is 2.26. The number of nitrogen functional groups attached to an aromatic ring is 1. The summed E-state index contributed by atoms with van der Waals surface area (Å²) in [7, 11) is 0. The van der Waals surface area contributed by atoms with Gasteiger partial charge in [0.05, 0.1) is 22.4 Å². The molecule has 8 heteroatoms. The normalized spacial score (nSPS) is 18.8. The number of para-hydroxylation sites is 1. The van der Waals surface area contributed by atoms with Crippen LogP contribution in [0.2, 0.25) is 0 Å². The van der Waals surface area contributed by atoms with E-state index in [0.29, 0.717) is 17.8 Å². The maximum Gasteiger partial charge on any atom is 0.262 e. The van der Waals surface area contributed by atoms with E-state index in [0.717, 1.165) is 29.9 Å². The molecule has 1 atom stereocenters. The zero-order valence-corrected chi connectivity index (χ0v) is 15.4. The molecule has 2 aliphatic heterocycles. The van der Waals surface area contributed by atoms with Crippen molar-refractivity contribution in [2.75, 3.05) is 12.3 Å². The summed E-state index contributed by atoms with van der Waals surface area (Å²) in [6.07, 6.45) is 2.94. The Bertz CT molecular complexity index is 1070. The summed E-state index contributed by atoms with van der Waals surface area (Å²) < 4.78 is 1.12. The average molecular weight is 380 g/mol. The predicted octanol–water partition coefficient (Wildman–Crippen LogP) is 1.32. The summed E-state index contributed by atoms with van der Waals surface area (Å²) in [5.74, 6) is -1.64. The maximum atomic E-state index is 13.2. The van der Waals surface area contributed by atoms with Gasteiger partial charge in [-0.2, -0.15) is 0 Å². The van der Waals surface area contributed by atoms with Gasteiger partial charge in [-0.15, -0.1) is 0 Å². The van der Waals surface area contributed by atoms with Crippen LogP contribution in [-0.4, -0.2) is 39.8 Å². The minimum Gasteiger partial charge on any atom is -0.384 e.